The normalized spacial score (nSPS) is 12.4. The van der Waals surface area contributed by atoms with Crippen LogP contribution in [0.4, 0.5) is 0 Å². The Morgan fingerprint density at radius 3 is 2.42 bits per heavy atom. The van der Waals surface area contributed by atoms with Gasteiger partial charge < -0.3 is 10.2 Å². The van der Waals surface area contributed by atoms with Gasteiger partial charge in [0.15, 0.2) is 0 Å². The fourth-order valence-electron chi connectivity index (χ4n) is 1.35. The molecule has 0 saturated carbocycles. The Kier molecular flexibility index (Phi) is 4.34. The van der Waals surface area contributed by atoms with E-state index in [4.69, 9.17) is 5.11 Å². The third-order valence-corrected chi connectivity index (χ3v) is 3.84. The minimum absolute atomic E-state index is 0.0638. The molecular formula is C12H17NO5S. The molecule has 0 fully saturated rings. The van der Waals surface area contributed by atoms with Crippen LogP contribution in [-0.4, -0.2) is 36.7 Å². The average molecular weight is 287 g/mol. The van der Waals surface area contributed by atoms with E-state index in [0.717, 1.165) is 6.07 Å². The minimum Gasteiger partial charge on any atom is -0.478 e. The van der Waals surface area contributed by atoms with Crippen molar-refractivity contribution in [2.45, 2.75) is 31.3 Å². The molecule has 106 valence electrons. The van der Waals surface area contributed by atoms with E-state index >= 15 is 0 Å². The Morgan fingerprint density at radius 2 is 1.95 bits per heavy atom. The third-order valence-electron chi connectivity index (χ3n) is 2.44. The lowest BCUT2D eigenvalue weighted by atomic mass is 10.1. The second-order valence-corrected chi connectivity index (χ2v) is 6.69. The molecule has 0 saturated heterocycles. The maximum Gasteiger partial charge on any atom is 0.335 e. The lowest BCUT2D eigenvalue weighted by Crippen LogP contribution is -2.38. The number of aryl methyl sites for hydroxylation is 1. The Morgan fingerprint density at radius 1 is 1.37 bits per heavy atom. The van der Waals surface area contributed by atoms with Crippen LogP contribution in [0.3, 0.4) is 0 Å². The van der Waals surface area contributed by atoms with Gasteiger partial charge in [-0.15, -0.1) is 0 Å². The van der Waals surface area contributed by atoms with Crippen molar-refractivity contribution in [1.82, 2.24) is 4.72 Å². The van der Waals surface area contributed by atoms with Crippen molar-refractivity contribution in [2.24, 2.45) is 0 Å². The fraction of sp³-hybridized carbons (Fsp3) is 0.417. The maximum absolute atomic E-state index is 11.9. The molecule has 7 heteroatoms. The van der Waals surface area contributed by atoms with Crippen LogP contribution in [0.15, 0.2) is 23.1 Å². The Hall–Kier alpha value is -1.44. The molecule has 0 amide bonds. The average Bonchev–Trinajstić information content (AvgIpc) is 2.25. The molecule has 0 aliphatic rings. The largest absolute Gasteiger partial charge is 0.478 e. The highest BCUT2D eigenvalue weighted by Crippen LogP contribution is 2.16. The number of nitrogens with one attached hydrogen (secondary N) is 1. The highest BCUT2D eigenvalue weighted by molar-refractivity contribution is 7.89. The fourth-order valence-corrected chi connectivity index (χ4v) is 2.58. The summed E-state index contributed by atoms with van der Waals surface area (Å²) in [5.41, 5.74) is -0.770. The maximum atomic E-state index is 11.9. The number of hydrogen-bond donors (Lipinski definition) is 3. The quantitative estimate of drug-likeness (QED) is 0.741. The number of aliphatic hydroxyl groups is 1. The van der Waals surface area contributed by atoms with Crippen LogP contribution in [0.25, 0.3) is 0 Å². The second-order valence-electron chi connectivity index (χ2n) is 4.92. The number of aromatic carboxylic acids is 1. The minimum atomic E-state index is -3.84. The van der Waals surface area contributed by atoms with Crippen LogP contribution in [0.1, 0.15) is 29.8 Å². The molecule has 1 rings (SSSR count). The summed E-state index contributed by atoms with van der Waals surface area (Å²) >= 11 is 0. The van der Waals surface area contributed by atoms with Gasteiger partial charge in [0.1, 0.15) is 0 Å². The van der Waals surface area contributed by atoms with Crippen LogP contribution in [0.5, 0.6) is 0 Å². The molecule has 1 aromatic rings. The van der Waals surface area contributed by atoms with Crippen LogP contribution in [0.2, 0.25) is 0 Å². The van der Waals surface area contributed by atoms with Crippen LogP contribution < -0.4 is 4.72 Å². The third kappa shape index (κ3) is 4.30. The number of sulfonamides is 1. The van der Waals surface area contributed by atoms with Gasteiger partial charge in [-0.2, -0.15) is 0 Å². The predicted molar refractivity (Wildman–Crippen MR) is 69.6 cm³/mol. The standard InChI is InChI=1S/C12H17NO5S/c1-8-4-5-9(6-10(8)11(14)15)19(17,18)13-7-12(2,3)16/h4-6,13,16H,7H2,1-3H3,(H,14,15). The Bertz CT molecular complexity index is 587. The molecular weight excluding hydrogens is 270 g/mol. The SMILES string of the molecule is Cc1ccc(S(=O)(=O)NCC(C)(C)O)cc1C(=O)O. The number of carboxylic acid groups (broad SMARTS) is 1. The van der Waals surface area contributed by atoms with E-state index < -0.39 is 21.6 Å². The summed E-state index contributed by atoms with van der Waals surface area (Å²) in [6, 6.07) is 3.86. The van der Waals surface area contributed by atoms with Crippen LogP contribution in [-0.2, 0) is 10.0 Å². The monoisotopic (exact) mass is 287 g/mol. The Balaban J connectivity index is 3.09. The first-order valence-corrected chi connectivity index (χ1v) is 7.07. The zero-order valence-electron chi connectivity index (χ0n) is 11.0. The van der Waals surface area contributed by atoms with Gasteiger partial charge in [0.05, 0.1) is 16.1 Å². The van der Waals surface area contributed by atoms with Crippen molar-refractivity contribution in [1.29, 1.82) is 0 Å². The smallest absolute Gasteiger partial charge is 0.335 e. The van der Waals surface area contributed by atoms with E-state index in [1.807, 2.05) is 0 Å². The van der Waals surface area contributed by atoms with E-state index in [9.17, 15) is 18.3 Å². The van der Waals surface area contributed by atoms with E-state index in [1.165, 1.54) is 26.0 Å². The molecule has 0 bridgehead atoms. The van der Waals surface area contributed by atoms with Gasteiger partial charge in [0.2, 0.25) is 10.0 Å². The van der Waals surface area contributed by atoms with E-state index in [2.05, 4.69) is 4.72 Å². The highest BCUT2D eigenvalue weighted by Gasteiger charge is 2.21. The van der Waals surface area contributed by atoms with Gasteiger partial charge >= 0.3 is 5.97 Å². The number of benzene rings is 1. The molecule has 19 heavy (non-hydrogen) atoms. The predicted octanol–water partition coefficient (Wildman–Crippen LogP) is 0.742. The highest BCUT2D eigenvalue weighted by atomic mass is 32.2. The summed E-state index contributed by atoms with van der Waals surface area (Å²) in [5, 5.41) is 18.5. The summed E-state index contributed by atoms with van der Waals surface area (Å²) in [4.78, 5) is 10.8. The first kappa shape index (κ1) is 15.6. The molecule has 0 aromatic heterocycles. The first-order chi connectivity index (χ1) is 8.53. The Labute approximate surface area is 112 Å². The van der Waals surface area contributed by atoms with Crippen molar-refractivity contribution in [2.75, 3.05) is 6.54 Å². The van der Waals surface area contributed by atoms with Gasteiger partial charge in [0.25, 0.3) is 0 Å². The summed E-state index contributed by atoms with van der Waals surface area (Å²) in [5.74, 6) is -1.18. The second kappa shape index (κ2) is 5.28. The molecule has 0 atom stereocenters. The van der Waals surface area contributed by atoms with Gasteiger partial charge in [-0.1, -0.05) is 6.07 Å². The number of hydrogen-bond acceptors (Lipinski definition) is 4. The lowest BCUT2D eigenvalue weighted by Gasteiger charge is -2.18. The van der Waals surface area contributed by atoms with Gasteiger partial charge in [-0.05, 0) is 38.5 Å². The summed E-state index contributed by atoms with van der Waals surface area (Å²) in [6.07, 6.45) is 0. The zero-order chi connectivity index (χ0) is 14.8. The molecule has 1 aromatic carbocycles. The molecule has 0 aliphatic carbocycles. The molecule has 0 aliphatic heterocycles. The molecule has 0 heterocycles. The van der Waals surface area contributed by atoms with Crippen molar-refractivity contribution in [3.05, 3.63) is 29.3 Å². The topological polar surface area (TPSA) is 104 Å². The molecule has 3 N–H and O–H groups in total. The van der Waals surface area contributed by atoms with E-state index in [-0.39, 0.29) is 17.0 Å². The number of rotatable bonds is 5. The van der Waals surface area contributed by atoms with Crippen molar-refractivity contribution >= 4 is 16.0 Å². The molecule has 0 unspecified atom stereocenters. The number of carboxylic acids is 1. The first-order valence-electron chi connectivity index (χ1n) is 5.59. The van der Waals surface area contributed by atoms with Crippen molar-refractivity contribution in [3.63, 3.8) is 0 Å². The number of carbonyl (C=O) groups is 1. The summed E-state index contributed by atoms with van der Waals surface area (Å²) in [6.45, 7) is 4.36. The van der Waals surface area contributed by atoms with Gasteiger partial charge in [-0.25, -0.2) is 17.9 Å². The van der Waals surface area contributed by atoms with Crippen molar-refractivity contribution in [3.8, 4) is 0 Å². The zero-order valence-corrected chi connectivity index (χ0v) is 11.8. The van der Waals surface area contributed by atoms with Gasteiger partial charge in [0, 0.05) is 6.54 Å². The van der Waals surface area contributed by atoms with Gasteiger partial charge in [-0.3, -0.25) is 0 Å². The lowest BCUT2D eigenvalue weighted by molar-refractivity contribution is 0.0695. The molecule has 0 spiro atoms. The van der Waals surface area contributed by atoms with E-state index in [0.29, 0.717) is 5.56 Å². The van der Waals surface area contributed by atoms with Crippen LogP contribution >= 0.6 is 0 Å². The molecule has 0 radical (unpaired) electrons. The molecule has 6 nitrogen and oxygen atoms in total. The summed E-state index contributed by atoms with van der Waals surface area (Å²) < 4.78 is 26.1. The van der Waals surface area contributed by atoms with Crippen LogP contribution in [0, 0.1) is 6.92 Å². The summed E-state index contributed by atoms with van der Waals surface area (Å²) in [7, 11) is -3.84. The van der Waals surface area contributed by atoms with E-state index in [1.54, 1.807) is 6.92 Å². The van der Waals surface area contributed by atoms with Crippen molar-refractivity contribution < 1.29 is 23.4 Å².